The zero-order valence-corrected chi connectivity index (χ0v) is 16.1. The summed E-state index contributed by atoms with van der Waals surface area (Å²) >= 11 is 4.32. The molecule has 0 bridgehead atoms. The SMILES string of the molecule is CCN1C(=O)C(=CN(C)C)SC1=NS(=O)(=O)c1ccc(Br)cc1. The predicted octanol–water partition coefficient (Wildman–Crippen LogP) is 2.49. The summed E-state index contributed by atoms with van der Waals surface area (Å²) in [4.78, 5) is 15.9. The normalized spacial score (nSPS) is 19.0. The van der Waals surface area contributed by atoms with Crippen LogP contribution in [-0.2, 0) is 14.8 Å². The molecule has 6 nitrogen and oxygen atoms in total. The number of hydrogen-bond donors (Lipinski definition) is 0. The largest absolute Gasteiger partial charge is 0.382 e. The Morgan fingerprint density at radius 2 is 1.91 bits per heavy atom. The van der Waals surface area contributed by atoms with Crippen LogP contribution in [-0.4, -0.2) is 49.9 Å². The van der Waals surface area contributed by atoms with Gasteiger partial charge in [-0.1, -0.05) is 15.9 Å². The van der Waals surface area contributed by atoms with Crippen molar-refractivity contribution in [3.05, 3.63) is 39.8 Å². The van der Waals surface area contributed by atoms with Gasteiger partial charge in [-0.25, -0.2) is 0 Å². The summed E-state index contributed by atoms with van der Waals surface area (Å²) in [5.74, 6) is -0.240. The van der Waals surface area contributed by atoms with Crippen LogP contribution in [0.15, 0.2) is 49.1 Å². The second-order valence-electron chi connectivity index (χ2n) is 4.91. The molecule has 0 saturated carbocycles. The van der Waals surface area contributed by atoms with E-state index < -0.39 is 10.0 Å². The van der Waals surface area contributed by atoms with Crippen molar-refractivity contribution in [1.82, 2.24) is 9.80 Å². The molecule has 9 heteroatoms. The number of hydrogen-bond acceptors (Lipinski definition) is 5. The smallest absolute Gasteiger partial charge is 0.284 e. The molecule has 23 heavy (non-hydrogen) atoms. The first-order valence-corrected chi connectivity index (χ1v) is 9.78. The number of benzene rings is 1. The molecule has 0 atom stereocenters. The van der Waals surface area contributed by atoms with E-state index >= 15 is 0 Å². The maximum atomic E-state index is 12.4. The zero-order valence-electron chi connectivity index (χ0n) is 12.9. The highest BCUT2D eigenvalue weighted by molar-refractivity contribution is 9.10. The molecular formula is C14H16BrN3O3S2. The van der Waals surface area contributed by atoms with Crippen LogP contribution >= 0.6 is 27.7 Å². The Bertz CT molecular complexity index is 771. The Balaban J connectivity index is 2.41. The molecule has 0 unspecified atom stereocenters. The Kier molecular flexibility index (Phi) is 5.53. The molecule has 1 aromatic rings. The Hall–Kier alpha value is -1.32. The van der Waals surface area contributed by atoms with E-state index in [0.717, 1.165) is 16.2 Å². The van der Waals surface area contributed by atoms with Gasteiger partial charge >= 0.3 is 0 Å². The molecule has 1 aliphatic heterocycles. The average Bonchev–Trinajstić information content (AvgIpc) is 2.73. The second kappa shape index (κ2) is 7.06. The molecule has 1 aliphatic rings. The maximum absolute atomic E-state index is 12.4. The fourth-order valence-electron chi connectivity index (χ4n) is 1.84. The number of amidine groups is 1. The Morgan fingerprint density at radius 3 is 2.43 bits per heavy atom. The first-order chi connectivity index (χ1) is 10.7. The highest BCUT2D eigenvalue weighted by Crippen LogP contribution is 2.32. The summed E-state index contributed by atoms with van der Waals surface area (Å²) in [6.45, 7) is 2.13. The van der Waals surface area contributed by atoms with Gasteiger partial charge in [0.1, 0.15) is 0 Å². The molecule has 0 radical (unpaired) electrons. The molecule has 124 valence electrons. The van der Waals surface area contributed by atoms with Crippen LogP contribution in [0, 0.1) is 0 Å². The molecule has 0 aliphatic carbocycles. The molecular weight excluding hydrogens is 402 g/mol. The van der Waals surface area contributed by atoms with Crippen LogP contribution in [0.2, 0.25) is 0 Å². The van der Waals surface area contributed by atoms with Crippen LogP contribution in [0.1, 0.15) is 6.92 Å². The van der Waals surface area contributed by atoms with E-state index in [4.69, 9.17) is 0 Å². The van der Waals surface area contributed by atoms with Gasteiger partial charge in [0.15, 0.2) is 5.17 Å². The number of rotatable bonds is 4. The molecule has 1 fully saturated rings. The second-order valence-corrected chi connectivity index (χ2v) is 8.44. The first-order valence-electron chi connectivity index (χ1n) is 6.73. The number of halogens is 1. The highest BCUT2D eigenvalue weighted by Gasteiger charge is 2.34. The van der Waals surface area contributed by atoms with Gasteiger partial charge in [0, 0.05) is 31.3 Å². The van der Waals surface area contributed by atoms with E-state index in [1.807, 2.05) is 0 Å². The lowest BCUT2D eigenvalue weighted by atomic mass is 10.4. The lowest BCUT2D eigenvalue weighted by molar-refractivity contribution is -0.122. The number of amides is 1. The average molecular weight is 418 g/mol. The van der Waals surface area contributed by atoms with Gasteiger partial charge in [-0.3, -0.25) is 9.69 Å². The molecule has 0 aromatic heterocycles. The van der Waals surface area contributed by atoms with Gasteiger partial charge in [0.05, 0.1) is 9.80 Å². The lowest BCUT2D eigenvalue weighted by Crippen LogP contribution is -2.29. The summed E-state index contributed by atoms with van der Waals surface area (Å²) in [5, 5.41) is 0.175. The number of nitrogens with zero attached hydrogens (tertiary/aromatic N) is 3. The quantitative estimate of drug-likeness (QED) is 0.703. The molecule has 1 amide bonds. The minimum atomic E-state index is -3.87. The van der Waals surface area contributed by atoms with E-state index in [0.29, 0.717) is 11.4 Å². The van der Waals surface area contributed by atoms with Crippen molar-refractivity contribution in [3.63, 3.8) is 0 Å². The van der Waals surface area contributed by atoms with Crippen molar-refractivity contribution in [2.24, 2.45) is 4.40 Å². The van der Waals surface area contributed by atoms with Crippen LogP contribution in [0.5, 0.6) is 0 Å². The van der Waals surface area contributed by atoms with E-state index in [2.05, 4.69) is 20.3 Å². The van der Waals surface area contributed by atoms with E-state index in [-0.39, 0.29) is 16.0 Å². The van der Waals surface area contributed by atoms with Crippen molar-refractivity contribution in [2.75, 3.05) is 20.6 Å². The number of thioether (sulfide) groups is 1. The summed E-state index contributed by atoms with van der Waals surface area (Å²) in [6.07, 6.45) is 1.66. The van der Waals surface area contributed by atoms with Gasteiger partial charge in [-0.2, -0.15) is 8.42 Å². The van der Waals surface area contributed by atoms with Crippen molar-refractivity contribution in [1.29, 1.82) is 0 Å². The van der Waals surface area contributed by atoms with Crippen LogP contribution < -0.4 is 0 Å². The minimum absolute atomic E-state index is 0.0855. The summed E-state index contributed by atoms with van der Waals surface area (Å²) < 4.78 is 29.5. The fraction of sp³-hybridized carbons (Fsp3) is 0.286. The van der Waals surface area contributed by atoms with Gasteiger partial charge in [0.2, 0.25) is 0 Å². The van der Waals surface area contributed by atoms with Crippen LogP contribution in [0.25, 0.3) is 0 Å². The van der Waals surface area contributed by atoms with Gasteiger partial charge in [0.25, 0.3) is 15.9 Å². The molecule has 1 saturated heterocycles. The monoisotopic (exact) mass is 417 g/mol. The summed E-state index contributed by atoms with van der Waals surface area (Å²) in [6, 6.07) is 6.21. The standard InChI is InChI=1S/C14H16BrN3O3S2/c1-4-18-13(19)12(9-17(2)3)22-14(18)16-23(20,21)11-7-5-10(15)6-8-11/h5-9H,4H2,1-3H3. The van der Waals surface area contributed by atoms with Crippen molar-refractivity contribution in [3.8, 4) is 0 Å². The van der Waals surface area contributed by atoms with Gasteiger partial charge in [-0.05, 0) is 43.0 Å². The Morgan fingerprint density at radius 1 is 1.30 bits per heavy atom. The Labute approximate surface area is 148 Å². The third-order valence-corrected chi connectivity index (χ3v) is 5.81. The highest BCUT2D eigenvalue weighted by atomic mass is 79.9. The minimum Gasteiger partial charge on any atom is -0.382 e. The van der Waals surface area contributed by atoms with Gasteiger partial charge < -0.3 is 4.90 Å². The fourth-order valence-corrected chi connectivity index (χ4v) is 4.42. The van der Waals surface area contributed by atoms with Gasteiger partial charge in [-0.15, -0.1) is 4.40 Å². The predicted molar refractivity (Wildman–Crippen MR) is 95.5 cm³/mol. The zero-order chi connectivity index (χ0) is 17.2. The third kappa shape index (κ3) is 4.15. The van der Waals surface area contributed by atoms with Crippen molar-refractivity contribution in [2.45, 2.75) is 11.8 Å². The number of sulfonamides is 1. The molecule has 1 heterocycles. The van der Waals surface area contributed by atoms with E-state index in [1.165, 1.54) is 17.0 Å². The molecule has 1 aromatic carbocycles. The van der Waals surface area contributed by atoms with E-state index in [9.17, 15) is 13.2 Å². The van der Waals surface area contributed by atoms with E-state index in [1.54, 1.807) is 44.3 Å². The summed E-state index contributed by atoms with van der Waals surface area (Å²) in [5.41, 5.74) is 0. The number of likely N-dealkylation sites (N-methyl/N-ethyl adjacent to an activating group) is 1. The summed E-state index contributed by atoms with van der Waals surface area (Å²) in [7, 11) is -0.274. The first kappa shape index (κ1) is 18.0. The lowest BCUT2D eigenvalue weighted by Gasteiger charge is -2.12. The molecule has 2 rings (SSSR count). The number of carbonyl (C=O) groups excluding carboxylic acids is 1. The van der Waals surface area contributed by atoms with Crippen molar-refractivity contribution < 1.29 is 13.2 Å². The third-order valence-electron chi connectivity index (χ3n) is 2.89. The molecule has 0 spiro atoms. The maximum Gasteiger partial charge on any atom is 0.284 e. The molecule has 0 N–H and O–H groups in total. The van der Waals surface area contributed by atoms with Crippen LogP contribution in [0.3, 0.4) is 0 Å². The topological polar surface area (TPSA) is 70.1 Å². The van der Waals surface area contributed by atoms with Crippen LogP contribution in [0.4, 0.5) is 0 Å². The van der Waals surface area contributed by atoms with Crippen molar-refractivity contribution >= 4 is 48.8 Å². The number of carbonyl (C=O) groups is 1.